The lowest BCUT2D eigenvalue weighted by atomic mass is 10.1. The number of carbonyl (C=O) groups excluding carboxylic acids is 1. The SMILES string of the molecule is COCCC(=O)N1C[C@H](C)Oc2cc(C)ccc21. The Hall–Kier alpha value is -1.55. The molecule has 0 radical (unpaired) electrons. The quantitative estimate of drug-likeness (QED) is 0.824. The van der Waals surface area contributed by atoms with Crippen LogP contribution in [0.15, 0.2) is 18.2 Å². The van der Waals surface area contributed by atoms with Crippen LogP contribution in [0.1, 0.15) is 18.9 Å². The van der Waals surface area contributed by atoms with Gasteiger partial charge >= 0.3 is 0 Å². The van der Waals surface area contributed by atoms with Crippen molar-refractivity contribution in [2.45, 2.75) is 26.4 Å². The molecular formula is C14H19NO3. The number of ether oxygens (including phenoxy) is 2. The molecule has 0 saturated heterocycles. The number of nitrogens with zero attached hydrogens (tertiary/aromatic N) is 1. The zero-order valence-electron chi connectivity index (χ0n) is 11.1. The largest absolute Gasteiger partial charge is 0.487 e. The van der Waals surface area contributed by atoms with Gasteiger partial charge in [-0.2, -0.15) is 0 Å². The maximum atomic E-state index is 12.1. The molecular weight excluding hydrogens is 230 g/mol. The molecule has 4 heteroatoms. The Bertz CT molecular complexity index is 445. The van der Waals surface area contributed by atoms with Crippen LogP contribution < -0.4 is 9.64 Å². The molecule has 18 heavy (non-hydrogen) atoms. The van der Waals surface area contributed by atoms with E-state index in [9.17, 15) is 4.79 Å². The van der Waals surface area contributed by atoms with Crippen LogP contribution in [0.2, 0.25) is 0 Å². The zero-order chi connectivity index (χ0) is 13.1. The highest BCUT2D eigenvalue weighted by Crippen LogP contribution is 2.34. The first-order valence-electron chi connectivity index (χ1n) is 6.18. The van der Waals surface area contributed by atoms with Crippen molar-refractivity contribution in [1.29, 1.82) is 0 Å². The van der Waals surface area contributed by atoms with E-state index in [0.29, 0.717) is 19.6 Å². The second-order valence-corrected chi connectivity index (χ2v) is 4.65. The van der Waals surface area contributed by atoms with Crippen molar-refractivity contribution in [2.75, 3.05) is 25.2 Å². The zero-order valence-corrected chi connectivity index (χ0v) is 11.1. The number of carbonyl (C=O) groups is 1. The van der Waals surface area contributed by atoms with Crippen LogP contribution in [-0.2, 0) is 9.53 Å². The Morgan fingerprint density at radius 3 is 3.06 bits per heavy atom. The number of benzene rings is 1. The van der Waals surface area contributed by atoms with Crippen molar-refractivity contribution >= 4 is 11.6 Å². The van der Waals surface area contributed by atoms with Crippen LogP contribution in [0.3, 0.4) is 0 Å². The van der Waals surface area contributed by atoms with Crippen LogP contribution in [0.25, 0.3) is 0 Å². The molecule has 1 aromatic carbocycles. The summed E-state index contributed by atoms with van der Waals surface area (Å²) in [7, 11) is 1.60. The molecule has 0 bridgehead atoms. The summed E-state index contributed by atoms with van der Waals surface area (Å²) in [5, 5.41) is 0. The molecule has 0 unspecified atom stereocenters. The van der Waals surface area contributed by atoms with E-state index in [2.05, 4.69) is 0 Å². The topological polar surface area (TPSA) is 38.8 Å². The molecule has 1 atom stereocenters. The van der Waals surface area contributed by atoms with E-state index in [0.717, 1.165) is 17.0 Å². The molecule has 0 N–H and O–H groups in total. The standard InChI is InChI=1S/C14H19NO3/c1-10-4-5-12-13(8-10)18-11(2)9-15(12)14(16)6-7-17-3/h4-5,8,11H,6-7,9H2,1-3H3/t11-/m0/s1. The summed E-state index contributed by atoms with van der Waals surface area (Å²) >= 11 is 0. The lowest BCUT2D eigenvalue weighted by Gasteiger charge is -2.33. The van der Waals surface area contributed by atoms with E-state index >= 15 is 0 Å². The van der Waals surface area contributed by atoms with Gasteiger partial charge in [0.2, 0.25) is 5.91 Å². The predicted molar refractivity (Wildman–Crippen MR) is 70.1 cm³/mol. The molecule has 4 nitrogen and oxygen atoms in total. The lowest BCUT2D eigenvalue weighted by Crippen LogP contribution is -2.42. The van der Waals surface area contributed by atoms with Gasteiger partial charge in [-0.15, -0.1) is 0 Å². The first-order valence-corrected chi connectivity index (χ1v) is 6.18. The van der Waals surface area contributed by atoms with Crippen LogP contribution >= 0.6 is 0 Å². The fourth-order valence-electron chi connectivity index (χ4n) is 2.11. The third-order valence-electron chi connectivity index (χ3n) is 3.00. The van der Waals surface area contributed by atoms with Gasteiger partial charge in [-0.25, -0.2) is 0 Å². The van der Waals surface area contributed by atoms with Gasteiger partial charge in [-0.05, 0) is 31.5 Å². The summed E-state index contributed by atoms with van der Waals surface area (Å²) in [6.45, 7) is 5.03. The van der Waals surface area contributed by atoms with Gasteiger partial charge in [-0.3, -0.25) is 4.79 Å². The average molecular weight is 249 g/mol. The van der Waals surface area contributed by atoms with Crippen LogP contribution in [0.5, 0.6) is 5.75 Å². The Kier molecular flexibility index (Phi) is 3.87. The maximum absolute atomic E-state index is 12.1. The number of anilines is 1. The highest BCUT2D eigenvalue weighted by atomic mass is 16.5. The van der Waals surface area contributed by atoms with Gasteiger partial charge in [0.25, 0.3) is 0 Å². The van der Waals surface area contributed by atoms with Gasteiger partial charge in [0.1, 0.15) is 11.9 Å². The van der Waals surface area contributed by atoms with Gasteiger partial charge in [0.05, 0.1) is 25.3 Å². The smallest absolute Gasteiger partial charge is 0.229 e. The van der Waals surface area contributed by atoms with Gasteiger partial charge in [-0.1, -0.05) is 6.07 Å². The number of fused-ring (bicyclic) bond motifs is 1. The van der Waals surface area contributed by atoms with Crippen molar-refractivity contribution in [3.63, 3.8) is 0 Å². The Morgan fingerprint density at radius 2 is 2.33 bits per heavy atom. The van der Waals surface area contributed by atoms with Crippen LogP contribution in [0.4, 0.5) is 5.69 Å². The first kappa shape index (κ1) is 12.9. The normalized spacial score (nSPS) is 18.2. The Labute approximate surface area is 107 Å². The van der Waals surface area contributed by atoms with Crippen molar-refractivity contribution in [2.24, 2.45) is 0 Å². The fraction of sp³-hybridized carbons (Fsp3) is 0.500. The van der Waals surface area contributed by atoms with E-state index < -0.39 is 0 Å². The first-order chi connectivity index (χ1) is 8.61. The van der Waals surface area contributed by atoms with Gasteiger partial charge < -0.3 is 14.4 Å². The minimum Gasteiger partial charge on any atom is -0.487 e. The molecule has 0 aliphatic carbocycles. The molecule has 98 valence electrons. The number of aryl methyl sites for hydroxylation is 1. The summed E-state index contributed by atoms with van der Waals surface area (Å²) in [5.41, 5.74) is 1.99. The summed E-state index contributed by atoms with van der Waals surface area (Å²) in [5.74, 6) is 0.872. The van der Waals surface area contributed by atoms with Gasteiger partial charge in [0, 0.05) is 7.11 Å². The molecule has 1 aliphatic rings. The molecule has 0 aromatic heterocycles. The second kappa shape index (κ2) is 5.40. The van der Waals surface area contributed by atoms with Crippen molar-refractivity contribution in [1.82, 2.24) is 0 Å². The second-order valence-electron chi connectivity index (χ2n) is 4.65. The molecule has 0 fully saturated rings. The number of methoxy groups -OCH3 is 1. The Balaban J connectivity index is 2.25. The number of rotatable bonds is 3. The molecule has 1 heterocycles. The number of amides is 1. The monoisotopic (exact) mass is 249 g/mol. The van der Waals surface area contributed by atoms with Gasteiger partial charge in [0.15, 0.2) is 0 Å². The minimum absolute atomic E-state index is 0.0193. The number of hydrogen-bond donors (Lipinski definition) is 0. The van der Waals surface area contributed by atoms with Crippen LogP contribution in [0, 0.1) is 6.92 Å². The van der Waals surface area contributed by atoms with E-state index in [1.165, 1.54) is 0 Å². The highest BCUT2D eigenvalue weighted by Gasteiger charge is 2.27. The molecule has 2 rings (SSSR count). The predicted octanol–water partition coefficient (Wildman–Crippen LogP) is 2.15. The molecule has 1 aliphatic heterocycles. The maximum Gasteiger partial charge on any atom is 0.229 e. The third-order valence-corrected chi connectivity index (χ3v) is 3.00. The highest BCUT2D eigenvalue weighted by molar-refractivity contribution is 5.95. The minimum atomic E-state index is 0.0193. The molecule has 0 saturated carbocycles. The van der Waals surface area contributed by atoms with Crippen molar-refractivity contribution in [3.05, 3.63) is 23.8 Å². The molecule has 0 spiro atoms. The third kappa shape index (κ3) is 2.64. The van der Waals surface area contributed by atoms with Crippen molar-refractivity contribution < 1.29 is 14.3 Å². The summed E-state index contributed by atoms with van der Waals surface area (Å²) in [4.78, 5) is 13.9. The molecule has 1 aromatic rings. The fourth-order valence-corrected chi connectivity index (χ4v) is 2.11. The average Bonchev–Trinajstić information content (AvgIpc) is 2.34. The lowest BCUT2D eigenvalue weighted by molar-refractivity contribution is -0.119. The van der Waals surface area contributed by atoms with E-state index in [1.54, 1.807) is 12.0 Å². The van der Waals surface area contributed by atoms with Crippen LogP contribution in [-0.4, -0.2) is 32.3 Å². The van der Waals surface area contributed by atoms with E-state index in [4.69, 9.17) is 9.47 Å². The Morgan fingerprint density at radius 1 is 1.56 bits per heavy atom. The number of hydrogen-bond acceptors (Lipinski definition) is 3. The van der Waals surface area contributed by atoms with E-state index in [1.807, 2.05) is 32.0 Å². The van der Waals surface area contributed by atoms with Crippen molar-refractivity contribution in [3.8, 4) is 5.75 Å². The summed E-state index contributed by atoms with van der Waals surface area (Å²) < 4.78 is 10.7. The summed E-state index contributed by atoms with van der Waals surface area (Å²) in [6, 6.07) is 5.91. The summed E-state index contributed by atoms with van der Waals surface area (Å²) in [6.07, 6.45) is 0.419. The van der Waals surface area contributed by atoms with E-state index in [-0.39, 0.29) is 12.0 Å². The molecule has 1 amide bonds.